The molecule has 1 amide bonds. The molecule has 0 heterocycles. The topological polar surface area (TPSA) is 108 Å². The SMILES string of the molecule is CCCCCCCCC/C=C/CC/C=C/CC/C=C/C(O)C(COP(=O)([O-])OCC[N+](C)(C)C)NC(=O)CCCCCCCCCCCCCCCCCCC/C=C\CCCCCCCCCCCCCCCCCC. The van der Waals surface area contributed by atoms with Gasteiger partial charge in [-0.2, -0.15) is 0 Å². The van der Waals surface area contributed by atoms with Crippen molar-refractivity contribution in [2.24, 2.45) is 0 Å². The third-order valence-electron chi connectivity index (χ3n) is 15.0. The van der Waals surface area contributed by atoms with Gasteiger partial charge in [-0.15, -0.1) is 0 Å². The molecular formula is C67H129N2O6P. The van der Waals surface area contributed by atoms with Gasteiger partial charge in [0.25, 0.3) is 7.82 Å². The smallest absolute Gasteiger partial charge is 0.268 e. The number of nitrogens with one attached hydrogen (secondary N) is 1. The molecule has 0 fully saturated rings. The quantitative estimate of drug-likeness (QED) is 0.0272. The maximum atomic E-state index is 13.0. The van der Waals surface area contributed by atoms with Gasteiger partial charge in [0.1, 0.15) is 13.2 Å². The molecule has 76 heavy (non-hydrogen) atoms. The molecule has 0 bridgehead atoms. The van der Waals surface area contributed by atoms with Crippen LogP contribution in [0.2, 0.25) is 0 Å². The van der Waals surface area contributed by atoms with Crippen LogP contribution in [-0.2, 0) is 18.4 Å². The van der Waals surface area contributed by atoms with E-state index in [1.807, 2.05) is 27.2 Å². The van der Waals surface area contributed by atoms with Crippen LogP contribution in [0.5, 0.6) is 0 Å². The lowest BCUT2D eigenvalue weighted by molar-refractivity contribution is -0.870. The number of amides is 1. The zero-order chi connectivity index (χ0) is 55.6. The number of rotatable bonds is 61. The maximum Gasteiger partial charge on any atom is 0.268 e. The molecule has 2 N–H and O–H groups in total. The Balaban J connectivity index is 3.99. The van der Waals surface area contributed by atoms with Gasteiger partial charge in [-0.3, -0.25) is 9.36 Å². The van der Waals surface area contributed by atoms with Gasteiger partial charge in [0.15, 0.2) is 0 Å². The summed E-state index contributed by atoms with van der Waals surface area (Å²) >= 11 is 0. The first-order chi connectivity index (χ1) is 37.0. The number of quaternary nitrogens is 1. The van der Waals surface area contributed by atoms with Crippen LogP contribution < -0.4 is 10.2 Å². The summed E-state index contributed by atoms with van der Waals surface area (Å²) in [6.07, 6.45) is 78.1. The first kappa shape index (κ1) is 74.5. The van der Waals surface area contributed by atoms with Crippen molar-refractivity contribution in [2.45, 2.75) is 334 Å². The molecular weight excluding hydrogens is 960 g/mol. The number of likely N-dealkylation sites (N-methyl/N-ethyl adjacent to an activating group) is 1. The predicted molar refractivity (Wildman–Crippen MR) is 330 cm³/mol. The first-order valence-corrected chi connectivity index (χ1v) is 34.5. The second kappa shape index (κ2) is 58.1. The molecule has 0 saturated heterocycles. The number of phosphoric acid groups is 1. The van der Waals surface area contributed by atoms with Crippen LogP contribution in [0.4, 0.5) is 0 Å². The highest BCUT2D eigenvalue weighted by Crippen LogP contribution is 2.38. The van der Waals surface area contributed by atoms with Crippen LogP contribution in [0.1, 0.15) is 322 Å². The summed E-state index contributed by atoms with van der Waals surface area (Å²) in [5, 5.41) is 13.9. The van der Waals surface area contributed by atoms with Crippen LogP contribution in [0.15, 0.2) is 48.6 Å². The Morgan fingerprint density at radius 3 is 1.07 bits per heavy atom. The van der Waals surface area contributed by atoms with Crippen LogP contribution >= 0.6 is 7.82 Å². The van der Waals surface area contributed by atoms with Gasteiger partial charge in [-0.25, -0.2) is 0 Å². The molecule has 3 unspecified atom stereocenters. The van der Waals surface area contributed by atoms with Crippen LogP contribution in [0.25, 0.3) is 0 Å². The zero-order valence-corrected chi connectivity index (χ0v) is 52.1. The maximum absolute atomic E-state index is 13.0. The van der Waals surface area contributed by atoms with E-state index in [2.05, 4.69) is 55.6 Å². The number of aliphatic hydroxyl groups excluding tert-OH is 1. The van der Waals surface area contributed by atoms with Crippen molar-refractivity contribution in [3.8, 4) is 0 Å². The standard InChI is InChI=1S/C67H129N2O6P/c1-6-8-10-12-14-16-18-20-22-24-25-26-27-28-29-30-31-32-33-34-35-36-37-38-39-40-41-42-43-45-47-49-51-53-55-57-59-61-67(71)68-65(64-75-76(72,73)74-63-62-69(3,4)5)66(70)60-58-56-54-52-50-48-46-44-23-21-19-17-15-13-11-9-7-2/h23,32-33,44,50,52,58,60,65-66,70H,6-22,24-31,34-43,45-49,51,53-57,59,61-64H2,1-5H3,(H-,68,71,72,73)/b33-32-,44-23+,52-50+,60-58+. The largest absolute Gasteiger partial charge is 0.756 e. The summed E-state index contributed by atoms with van der Waals surface area (Å²) in [7, 11) is 1.24. The van der Waals surface area contributed by atoms with E-state index in [9.17, 15) is 19.4 Å². The fraction of sp³-hybridized carbons (Fsp3) is 0.866. The van der Waals surface area contributed by atoms with Gasteiger partial charge in [0.2, 0.25) is 5.91 Å². The molecule has 0 saturated carbocycles. The first-order valence-electron chi connectivity index (χ1n) is 33.0. The van der Waals surface area contributed by atoms with Gasteiger partial charge in [-0.1, -0.05) is 294 Å². The highest BCUT2D eigenvalue weighted by atomic mass is 31.2. The Hall–Kier alpha value is -1.54. The average Bonchev–Trinajstić information content (AvgIpc) is 3.38. The molecule has 0 aromatic carbocycles. The number of hydrogen-bond acceptors (Lipinski definition) is 6. The lowest BCUT2D eigenvalue weighted by Gasteiger charge is -2.29. The van der Waals surface area contributed by atoms with E-state index in [-0.39, 0.29) is 12.5 Å². The highest BCUT2D eigenvalue weighted by molar-refractivity contribution is 7.45. The van der Waals surface area contributed by atoms with Crippen molar-refractivity contribution in [3.05, 3.63) is 48.6 Å². The predicted octanol–water partition coefficient (Wildman–Crippen LogP) is 20.0. The van der Waals surface area contributed by atoms with Gasteiger partial charge in [0, 0.05) is 6.42 Å². The summed E-state index contributed by atoms with van der Waals surface area (Å²) < 4.78 is 23.3. The summed E-state index contributed by atoms with van der Waals surface area (Å²) in [4.78, 5) is 25.5. The Labute approximate surface area is 473 Å². The van der Waals surface area contributed by atoms with E-state index in [1.54, 1.807) is 6.08 Å². The number of phosphoric ester groups is 1. The van der Waals surface area contributed by atoms with Gasteiger partial charge >= 0.3 is 0 Å². The number of allylic oxidation sites excluding steroid dienone is 7. The summed E-state index contributed by atoms with van der Waals surface area (Å²) in [6, 6.07) is -0.910. The van der Waals surface area contributed by atoms with Crippen molar-refractivity contribution in [2.75, 3.05) is 40.9 Å². The molecule has 0 aliphatic heterocycles. The van der Waals surface area contributed by atoms with Crippen molar-refractivity contribution in [1.82, 2.24) is 5.32 Å². The van der Waals surface area contributed by atoms with Crippen molar-refractivity contribution < 1.29 is 32.9 Å². The Morgan fingerprint density at radius 1 is 0.447 bits per heavy atom. The fourth-order valence-corrected chi connectivity index (χ4v) is 10.6. The van der Waals surface area contributed by atoms with Crippen molar-refractivity contribution in [1.29, 1.82) is 0 Å². The number of hydrogen-bond donors (Lipinski definition) is 2. The van der Waals surface area contributed by atoms with Crippen LogP contribution in [0.3, 0.4) is 0 Å². The number of carbonyl (C=O) groups excluding carboxylic acids is 1. The molecule has 0 rings (SSSR count). The molecule has 0 radical (unpaired) electrons. The molecule has 0 aliphatic carbocycles. The van der Waals surface area contributed by atoms with Gasteiger partial charge in [-0.05, 0) is 70.6 Å². The van der Waals surface area contributed by atoms with Crippen molar-refractivity contribution in [3.63, 3.8) is 0 Å². The average molecular weight is 1090 g/mol. The minimum Gasteiger partial charge on any atom is -0.756 e. The Kier molecular flexibility index (Phi) is 56.9. The fourth-order valence-electron chi connectivity index (χ4n) is 9.83. The van der Waals surface area contributed by atoms with E-state index < -0.39 is 26.6 Å². The van der Waals surface area contributed by atoms with Crippen molar-refractivity contribution >= 4 is 13.7 Å². The molecule has 9 heteroatoms. The Bertz CT molecular complexity index is 1380. The van der Waals surface area contributed by atoms with E-state index in [4.69, 9.17) is 9.05 Å². The molecule has 0 spiro atoms. The minimum absolute atomic E-state index is 0.00858. The highest BCUT2D eigenvalue weighted by Gasteiger charge is 2.23. The molecule has 448 valence electrons. The third kappa shape index (κ3) is 60.1. The van der Waals surface area contributed by atoms with E-state index in [0.29, 0.717) is 17.4 Å². The molecule has 0 aromatic rings. The Morgan fingerprint density at radius 2 is 0.737 bits per heavy atom. The normalized spacial score (nSPS) is 14.0. The summed E-state index contributed by atoms with van der Waals surface area (Å²) in [6.45, 7) is 4.65. The number of carbonyl (C=O) groups is 1. The number of aliphatic hydroxyl groups is 1. The zero-order valence-electron chi connectivity index (χ0n) is 51.2. The van der Waals surface area contributed by atoms with Gasteiger partial charge < -0.3 is 28.8 Å². The molecule has 3 atom stereocenters. The minimum atomic E-state index is -4.61. The second-order valence-electron chi connectivity index (χ2n) is 23.8. The molecule has 0 aliphatic rings. The number of nitrogens with zero attached hydrogens (tertiary/aromatic N) is 1. The lowest BCUT2D eigenvalue weighted by Crippen LogP contribution is -2.45. The second-order valence-corrected chi connectivity index (χ2v) is 25.2. The van der Waals surface area contributed by atoms with Crippen LogP contribution in [-0.4, -0.2) is 68.5 Å². The number of unbranched alkanes of at least 4 members (excludes halogenated alkanes) is 42. The van der Waals surface area contributed by atoms with E-state index in [0.717, 1.165) is 44.9 Å². The lowest BCUT2D eigenvalue weighted by atomic mass is 10.0. The summed E-state index contributed by atoms with van der Waals surface area (Å²) in [5.41, 5.74) is 0. The van der Waals surface area contributed by atoms with E-state index in [1.165, 1.54) is 257 Å². The monoisotopic (exact) mass is 1090 g/mol. The third-order valence-corrected chi connectivity index (χ3v) is 16.0. The van der Waals surface area contributed by atoms with E-state index >= 15 is 0 Å². The molecule has 8 nitrogen and oxygen atoms in total. The van der Waals surface area contributed by atoms with Gasteiger partial charge in [0.05, 0.1) is 39.9 Å². The summed E-state index contributed by atoms with van der Waals surface area (Å²) in [5.74, 6) is -0.207. The van der Waals surface area contributed by atoms with Crippen LogP contribution in [0, 0.1) is 0 Å². The molecule has 0 aromatic heterocycles.